The minimum atomic E-state index is -0.419. The molecule has 2 aromatic rings. The van der Waals surface area contributed by atoms with E-state index in [4.69, 9.17) is 0 Å². The first-order valence-electron chi connectivity index (χ1n) is 8.32. The van der Waals surface area contributed by atoms with Crippen molar-refractivity contribution in [2.45, 2.75) is 43.8 Å². The molecule has 2 N–H and O–H groups in total. The molecule has 0 unspecified atom stereocenters. The van der Waals surface area contributed by atoms with E-state index in [1.807, 2.05) is 35.8 Å². The van der Waals surface area contributed by atoms with Crippen molar-refractivity contribution in [2.24, 2.45) is 0 Å². The zero-order valence-corrected chi connectivity index (χ0v) is 14.9. The van der Waals surface area contributed by atoms with Gasteiger partial charge in [0.05, 0.1) is 11.4 Å². The van der Waals surface area contributed by atoms with Crippen LogP contribution in [-0.2, 0) is 4.79 Å². The molecule has 0 atom stereocenters. The van der Waals surface area contributed by atoms with E-state index < -0.39 is 6.03 Å². The lowest BCUT2D eigenvalue weighted by Crippen LogP contribution is -2.44. The van der Waals surface area contributed by atoms with E-state index in [0.29, 0.717) is 5.16 Å². The first-order chi connectivity index (χ1) is 12.1. The van der Waals surface area contributed by atoms with Crippen LogP contribution >= 0.6 is 11.8 Å². The highest BCUT2D eigenvalue weighted by molar-refractivity contribution is 7.99. The van der Waals surface area contributed by atoms with E-state index in [1.54, 1.807) is 6.33 Å². The van der Waals surface area contributed by atoms with Gasteiger partial charge in [0, 0.05) is 6.04 Å². The van der Waals surface area contributed by atoms with E-state index in [9.17, 15) is 9.59 Å². The van der Waals surface area contributed by atoms with Crippen LogP contribution in [0.4, 0.5) is 4.79 Å². The SMILES string of the molecule is Cc1ccccc1-n1cnnc1SCC(=O)NC(=O)NC1CCCC1. The van der Waals surface area contributed by atoms with Crippen LogP contribution in [0.2, 0.25) is 0 Å². The van der Waals surface area contributed by atoms with Gasteiger partial charge in [-0.25, -0.2) is 4.79 Å². The van der Waals surface area contributed by atoms with Gasteiger partial charge >= 0.3 is 6.03 Å². The number of nitrogens with one attached hydrogen (secondary N) is 2. The minimum Gasteiger partial charge on any atom is -0.335 e. The summed E-state index contributed by atoms with van der Waals surface area (Å²) in [6, 6.07) is 7.65. The van der Waals surface area contributed by atoms with Gasteiger partial charge in [0.25, 0.3) is 0 Å². The molecule has 7 nitrogen and oxygen atoms in total. The number of para-hydroxylation sites is 1. The lowest BCUT2D eigenvalue weighted by molar-refractivity contribution is -0.117. The number of imide groups is 1. The molecule has 3 amide bonds. The number of benzene rings is 1. The van der Waals surface area contributed by atoms with Crippen molar-refractivity contribution in [3.05, 3.63) is 36.2 Å². The molecule has 132 valence electrons. The minimum absolute atomic E-state index is 0.0999. The van der Waals surface area contributed by atoms with E-state index >= 15 is 0 Å². The van der Waals surface area contributed by atoms with E-state index in [-0.39, 0.29) is 17.7 Å². The Morgan fingerprint density at radius 2 is 2.04 bits per heavy atom. The number of amides is 3. The lowest BCUT2D eigenvalue weighted by Gasteiger charge is -2.12. The van der Waals surface area contributed by atoms with Crippen LogP contribution in [0.15, 0.2) is 35.7 Å². The van der Waals surface area contributed by atoms with Gasteiger partial charge in [-0.3, -0.25) is 14.7 Å². The van der Waals surface area contributed by atoms with Crippen molar-refractivity contribution in [1.82, 2.24) is 25.4 Å². The third-order valence-electron chi connectivity index (χ3n) is 4.17. The normalized spacial score (nSPS) is 14.4. The Balaban J connectivity index is 1.54. The zero-order valence-electron chi connectivity index (χ0n) is 14.1. The maximum absolute atomic E-state index is 12.0. The molecule has 0 saturated heterocycles. The summed E-state index contributed by atoms with van der Waals surface area (Å²) in [4.78, 5) is 23.8. The Hall–Kier alpha value is -2.35. The van der Waals surface area contributed by atoms with Crippen LogP contribution < -0.4 is 10.6 Å². The van der Waals surface area contributed by atoms with Crippen molar-refractivity contribution >= 4 is 23.7 Å². The molecule has 8 heteroatoms. The van der Waals surface area contributed by atoms with Gasteiger partial charge in [-0.15, -0.1) is 10.2 Å². The summed E-state index contributed by atoms with van der Waals surface area (Å²) in [7, 11) is 0. The molecule has 1 aliphatic carbocycles. The van der Waals surface area contributed by atoms with Gasteiger partial charge < -0.3 is 5.32 Å². The summed E-state index contributed by atoms with van der Waals surface area (Å²) in [5, 5.41) is 13.8. The monoisotopic (exact) mass is 359 g/mol. The molecule has 25 heavy (non-hydrogen) atoms. The summed E-state index contributed by atoms with van der Waals surface area (Å²) in [6.45, 7) is 2.00. The molecule has 3 rings (SSSR count). The Kier molecular flexibility index (Phi) is 5.70. The van der Waals surface area contributed by atoms with Gasteiger partial charge in [-0.05, 0) is 31.4 Å². The molecule has 0 spiro atoms. The number of aryl methyl sites for hydroxylation is 1. The predicted molar refractivity (Wildman–Crippen MR) is 95.8 cm³/mol. The topological polar surface area (TPSA) is 88.9 Å². The second-order valence-corrected chi connectivity index (χ2v) is 7.00. The predicted octanol–water partition coefficient (Wildman–Crippen LogP) is 2.44. The zero-order chi connectivity index (χ0) is 17.6. The van der Waals surface area contributed by atoms with Crippen LogP contribution in [-0.4, -0.2) is 38.5 Å². The molecular weight excluding hydrogens is 338 g/mol. The fourth-order valence-electron chi connectivity index (χ4n) is 2.91. The second kappa shape index (κ2) is 8.15. The third-order valence-corrected chi connectivity index (χ3v) is 5.11. The Morgan fingerprint density at radius 1 is 1.28 bits per heavy atom. The molecule has 1 aromatic carbocycles. The summed E-state index contributed by atoms with van der Waals surface area (Å²) in [5.74, 6) is -0.248. The van der Waals surface area contributed by atoms with Gasteiger partial charge in [0.15, 0.2) is 5.16 Å². The van der Waals surface area contributed by atoms with Gasteiger partial charge in [-0.2, -0.15) is 0 Å². The van der Waals surface area contributed by atoms with Crippen LogP contribution in [0.1, 0.15) is 31.2 Å². The highest BCUT2D eigenvalue weighted by Gasteiger charge is 2.18. The fraction of sp³-hybridized carbons (Fsp3) is 0.412. The van der Waals surface area contributed by atoms with Crippen molar-refractivity contribution in [1.29, 1.82) is 0 Å². The number of carbonyl (C=O) groups is 2. The van der Waals surface area contributed by atoms with E-state index in [0.717, 1.165) is 36.9 Å². The summed E-state index contributed by atoms with van der Waals surface area (Å²) in [5.41, 5.74) is 2.05. The molecule has 0 radical (unpaired) electrons. The van der Waals surface area contributed by atoms with Crippen LogP contribution in [0.25, 0.3) is 5.69 Å². The fourth-order valence-corrected chi connectivity index (χ4v) is 3.63. The highest BCUT2D eigenvalue weighted by Crippen LogP contribution is 2.21. The van der Waals surface area contributed by atoms with Crippen molar-refractivity contribution in [2.75, 3.05) is 5.75 Å². The maximum Gasteiger partial charge on any atom is 0.321 e. The molecule has 1 fully saturated rings. The molecule has 1 saturated carbocycles. The molecule has 0 aliphatic heterocycles. The number of carbonyl (C=O) groups excluding carboxylic acids is 2. The molecule has 1 aliphatic rings. The number of hydrogen-bond acceptors (Lipinski definition) is 5. The average molecular weight is 359 g/mol. The van der Waals surface area contributed by atoms with Crippen LogP contribution in [0.5, 0.6) is 0 Å². The standard InChI is InChI=1S/C17H21N5O2S/c1-12-6-2-5-9-14(12)22-11-18-21-17(22)25-10-15(23)20-16(24)19-13-7-3-4-8-13/h2,5-6,9,11,13H,3-4,7-8,10H2,1H3,(H2,19,20,23,24). The number of urea groups is 1. The Labute approximate surface area is 150 Å². The smallest absolute Gasteiger partial charge is 0.321 e. The van der Waals surface area contributed by atoms with E-state index in [1.165, 1.54) is 11.8 Å². The molecule has 1 heterocycles. The number of hydrogen-bond donors (Lipinski definition) is 2. The number of aromatic nitrogens is 3. The lowest BCUT2D eigenvalue weighted by atomic mass is 10.2. The van der Waals surface area contributed by atoms with Crippen molar-refractivity contribution in [3.63, 3.8) is 0 Å². The maximum atomic E-state index is 12.0. The Bertz CT molecular complexity index is 755. The molecular formula is C17H21N5O2S. The number of rotatable bonds is 5. The van der Waals surface area contributed by atoms with E-state index in [2.05, 4.69) is 20.8 Å². The van der Waals surface area contributed by atoms with Crippen molar-refractivity contribution in [3.8, 4) is 5.69 Å². The van der Waals surface area contributed by atoms with Crippen molar-refractivity contribution < 1.29 is 9.59 Å². The molecule has 1 aromatic heterocycles. The summed E-state index contributed by atoms with van der Waals surface area (Å²) in [6.07, 6.45) is 5.84. The van der Waals surface area contributed by atoms with Gasteiger partial charge in [0.2, 0.25) is 5.91 Å². The summed E-state index contributed by atoms with van der Waals surface area (Å²) >= 11 is 1.25. The van der Waals surface area contributed by atoms with Crippen LogP contribution in [0, 0.1) is 6.92 Å². The quantitative estimate of drug-likeness (QED) is 0.801. The average Bonchev–Trinajstić information content (AvgIpc) is 3.25. The number of thioether (sulfide) groups is 1. The first kappa shape index (κ1) is 17.5. The summed E-state index contributed by atoms with van der Waals surface area (Å²) < 4.78 is 1.84. The molecule has 0 bridgehead atoms. The highest BCUT2D eigenvalue weighted by atomic mass is 32.2. The van der Waals surface area contributed by atoms with Gasteiger partial charge in [-0.1, -0.05) is 42.8 Å². The number of nitrogens with zero attached hydrogens (tertiary/aromatic N) is 3. The Morgan fingerprint density at radius 3 is 2.80 bits per heavy atom. The van der Waals surface area contributed by atoms with Crippen LogP contribution in [0.3, 0.4) is 0 Å². The third kappa shape index (κ3) is 4.60. The van der Waals surface area contributed by atoms with Gasteiger partial charge in [0.1, 0.15) is 6.33 Å². The first-order valence-corrected chi connectivity index (χ1v) is 9.31. The largest absolute Gasteiger partial charge is 0.335 e. The second-order valence-electron chi connectivity index (χ2n) is 6.06.